The number of nitrogens with zero attached hydrogens (tertiary/aromatic N) is 3. The van der Waals surface area contributed by atoms with E-state index in [9.17, 15) is 0 Å². The molecule has 2 rings (SSSR count). The van der Waals surface area contributed by atoms with E-state index >= 15 is 0 Å². The summed E-state index contributed by atoms with van der Waals surface area (Å²) in [5.41, 5.74) is 1.27. The van der Waals surface area contributed by atoms with Crippen molar-refractivity contribution in [2.75, 3.05) is 0 Å². The van der Waals surface area contributed by atoms with Gasteiger partial charge in [0, 0.05) is 5.02 Å². The Morgan fingerprint density at radius 1 is 1.33 bits per heavy atom. The van der Waals surface area contributed by atoms with E-state index in [0.29, 0.717) is 11.6 Å². The van der Waals surface area contributed by atoms with Gasteiger partial charge in [-0.2, -0.15) is 5.26 Å². The van der Waals surface area contributed by atoms with Gasteiger partial charge in [-0.05, 0) is 30.2 Å². The third-order valence-corrected chi connectivity index (χ3v) is 2.73. The number of benzene rings is 1. The topological polar surface area (TPSA) is 58.8 Å². The number of nitriles is 1. The lowest BCUT2D eigenvalue weighted by molar-refractivity contribution is 0.459. The van der Waals surface area contributed by atoms with Crippen molar-refractivity contribution in [3.05, 3.63) is 46.9 Å². The minimum absolute atomic E-state index is 0.257. The molecule has 0 aliphatic heterocycles. The van der Waals surface area contributed by atoms with Crippen LogP contribution < -0.4 is 4.74 Å². The van der Waals surface area contributed by atoms with E-state index in [1.807, 2.05) is 19.1 Å². The highest BCUT2D eigenvalue weighted by Crippen LogP contribution is 2.25. The molecule has 0 atom stereocenters. The Bertz CT molecular complexity index is 590. The maximum absolute atomic E-state index is 8.61. The van der Waals surface area contributed by atoms with Crippen molar-refractivity contribution in [2.24, 2.45) is 0 Å². The quantitative estimate of drug-likeness (QED) is 0.848. The third-order valence-electron chi connectivity index (χ3n) is 2.36. The van der Waals surface area contributed by atoms with Crippen molar-refractivity contribution in [2.45, 2.75) is 13.3 Å². The maximum Gasteiger partial charge on any atom is 0.237 e. The predicted octanol–water partition coefficient (Wildman–Crippen LogP) is 3.36. The molecule has 0 fully saturated rings. The summed E-state index contributed by atoms with van der Waals surface area (Å²) in [6, 6.07) is 7.31. The van der Waals surface area contributed by atoms with Gasteiger partial charge in [0.15, 0.2) is 5.69 Å². The number of ether oxygens (including phenoxy) is 1. The molecule has 0 saturated carbocycles. The fourth-order valence-electron chi connectivity index (χ4n) is 1.43. The van der Waals surface area contributed by atoms with Crippen LogP contribution in [0.3, 0.4) is 0 Å². The van der Waals surface area contributed by atoms with Crippen molar-refractivity contribution >= 4 is 11.6 Å². The number of hydrogen-bond acceptors (Lipinski definition) is 4. The summed E-state index contributed by atoms with van der Waals surface area (Å²) < 4.78 is 5.53. The first-order valence-electron chi connectivity index (χ1n) is 5.41. The molecule has 0 radical (unpaired) electrons. The van der Waals surface area contributed by atoms with Crippen LogP contribution in [0.15, 0.2) is 30.6 Å². The lowest BCUT2D eigenvalue weighted by Gasteiger charge is -2.07. The second-order valence-corrected chi connectivity index (χ2v) is 3.97. The summed E-state index contributed by atoms with van der Waals surface area (Å²) in [7, 11) is 0. The van der Waals surface area contributed by atoms with Crippen molar-refractivity contribution in [3.63, 3.8) is 0 Å². The number of aromatic nitrogens is 2. The summed E-state index contributed by atoms with van der Waals surface area (Å²) in [6.45, 7) is 2.02. The molecule has 0 amide bonds. The molecule has 5 heteroatoms. The zero-order valence-electron chi connectivity index (χ0n) is 9.72. The molecule has 18 heavy (non-hydrogen) atoms. The molecule has 0 spiro atoms. The van der Waals surface area contributed by atoms with Crippen LogP contribution in [0, 0.1) is 11.3 Å². The van der Waals surface area contributed by atoms with E-state index in [0.717, 1.165) is 17.0 Å². The van der Waals surface area contributed by atoms with Crippen LogP contribution >= 0.6 is 11.6 Å². The molecule has 0 N–H and O–H groups in total. The Morgan fingerprint density at radius 3 is 2.78 bits per heavy atom. The summed E-state index contributed by atoms with van der Waals surface area (Å²) in [4.78, 5) is 7.86. The first-order valence-corrected chi connectivity index (χ1v) is 5.79. The standard InChI is InChI=1S/C13H10ClN3O/c1-2-9-5-11(3-4-12(9)14)18-13-8-16-10(6-15)7-17-13/h3-5,7-8H,2H2,1H3. The van der Waals surface area contributed by atoms with Crippen molar-refractivity contribution in [1.29, 1.82) is 5.26 Å². The van der Waals surface area contributed by atoms with Gasteiger partial charge in [0.05, 0.1) is 12.4 Å². The van der Waals surface area contributed by atoms with Crippen LogP contribution in [0.2, 0.25) is 5.02 Å². The maximum atomic E-state index is 8.61. The van der Waals surface area contributed by atoms with Crippen LogP contribution in [-0.4, -0.2) is 9.97 Å². The van der Waals surface area contributed by atoms with E-state index in [1.54, 1.807) is 12.1 Å². The van der Waals surface area contributed by atoms with Gasteiger partial charge in [0.2, 0.25) is 5.88 Å². The Kier molecular flexibility index (Phi) is 3.75. The molecule has 0 bridgehead atoms. The van der Waals surface area contributed by atoms with E-state index in [1.165, 1.54) is 12.4 Å². The minimum atomic E-state index is 0.257. The molecule has 0 aliphatic carbocycles. The lowest BCUT2D eigenvalue weighted by atomic mass is 10.1. The lowest BCUT2D eigenvalue weighted by Crippen LogP contribution is -1.92. The van der Waals surface area contributed by atoms with Crippen molar-refractivity contribution in [1.82, 2.24) is 9.97 Å². The fourth-order valence-corrected chi connectivity index (χ4v) is 1.68. The molecule has 90 valence electrons. The number of hydrogen-bond donors (Lipinski definition) is 0. The average Bonchev–Trinajstić information content (AvgIpc) is 2.42. The molecule has 0 unspecified atom stereocenters. The summed E-state index contributed by atoms with van der Waals surface area (Å²) >= 11 is 6.02. The van der Waals surface area contributed by atoms with E-state index < -0.39 is 0 Å². The molecule has 0 saturated heterocycles. The van der Waals surface area contributed by atoms with Crippen LogP contribution in [-0.2, 0) is 6.42 Å². The van der Waals surface area contributed by atoms with Gasteiger partial charge in [-0.25, -0.2) is 9.97 Å². The molecule has 1 heterocycles. The molecule has 1 aromatic carbocycles. The fraction of sp³-hybridized carbons (Fsp3) is 0.154. The average molecular weight is 260 g/mol. The van der Waals surface area contributed by atoms with E-state index in [-0.39, 0.29) is 5.69 Å². The summed E-state index contributed by atoms with van der Waals surface area (Å²) in [6.07, 6.45) is 3.61. The monoisotopic (exact) mass is 259 g/mol. The number of aryl methyl sites for hydroxylation is 1. The van der Waals surface area contributed by atoms with Crippen LogP contribution in [0.5, 0.6) is 11.6 Å². The molecular formula is C13H10ClN3O. The Labute approximate surface area is 110 Å². The van der Waals surface area contributed by atoms with Crippen LogP contribution in [0.1, 0.15) is 18.2 Å². The molecule has 4 nitrogen and oxygen atoms in total. The molecular weight excluding hydrogens is 250 g/mol. The van der Waals surface area contributed by atoms with Gasteiger partial charge in [-0.3, -0.25) is 0 Å². The largest absolute Gasteiger partial charge is 0.437 e. The highest BCUT2D eigenvalue weighted by molar-refractivity contribution is 6.31. The normalized spacial score (nSPS) is 9.83. The van der Waals surface area contributed by atoms with Gasteiger partial charge < -0.3 is 4.74 Å². The zero-order valence-corrected chi connectivity index (χ0v) is 10.5. The molecule has 0 aliphatic rings. The summed E-state index contributed by atoms with van der Waals surface area (Å²) in [5.74, 6) is 0.994. The van der Waals surface area contributed by atoms with Gasteiger partial charge in [0.25, 0.3) is 0 Å². The minimum Gasteiger partial charge on any atom is -0.437 e. The Hall–Kier alpha value is -2.12. The first kappa shape index (κ1) is 12.3. The first-order chi connectivity index (χ1) is 8.72. The Balaban J connectivity index is 2.20. The third kappa shape index (κ3) is 2.76. The summed E-state index contributed by atoms with van der Waals surface area (Å²) in [5, 5.41) is 9.33. The van der Waals surface area contributed by atoms with Crippen molar-refractivity contribution in [3.8, 4) is 17.7 Å². The number of halogens is 1. The van der Waals surface area contributed by atoms with E-state index in [4.69, 9.17) is 21.6 Å². The molecule has 1 aromatic heterocycles. The van der Waals surface area contributed by atoms with E-state index in [2.05, 4.69) is 9.97 Å². The zero-order chi connectivity index (χ0) is 13.0. The number of rotatable bonds is 3. The van der Waals surface area contributed by atoms with Crippen molar-refractivity contribution < 1.29 is 4.74 Å². The predicted molar refractivity (Wildman–Crippen MR) is 67.7 cm³/mol. The van der Waals surface area contributed by atoms with Gasteiger partial charge >= 0.3 is 0 Å². The smallest absolute Gasteiger partial charge is 0.237 e. The highest BCUT2D eigenvalue weighted by atomic mass is 35.5. The highest BCUT2D eigenvalue weighted by Gasteiger charge is 2.03. The van der Waals surface area contributed by atoms with Crippen LogP contribution in [0.4, 0.5) is 0 Å². The van der Waals surface area contributed by atoms with Crippen LogP contribution in [0.25, 0.3) is 0 Å². The van der Waals surface area contributed by atoms with Gasteiger partial charge in [-0.15, -0.1) is 0 Å². The second kappa shape index (κ2) is 5.48. The van der Waals surface area contributed by atoms with Gasteiger partial charge in [0.1, 0.15) is 11.8 Å². The second-order valence-electron chi connectivity index (χ2n) is 3.56. The molecule has 2 aromatic rings. The SMILES string of the molecule is CCc1cc(Oc2cnc(C#N)cn2)ccc1Cl. The van der Waals surface area contributed by atoms with Gasteiger partial charge in [-0.1, -0.05) is 18.5 Å². The Morgan fingerprint density at radius 2 is 2.17 bits per heavy atom.